The first-order valence-electron chi connectivity index (χ1n) is 8.80. The quantitative estimate of drug-likeness (QED) is 0.925. The highest BCUT2D eigenvalue weighted by atomic mass is 16.5. The molecule has 0 radical (unpaired) electrons. The summed E-state index contributed by atoms with van der Waals surface area (Å²) in [6.07, 6.45) is 2.58. The Balaban J connectivity index is 1.20. The molecule has 2 aliphatic heterocycles. The van der Waals surface area contributed by atoms with E-state index in [1.807, 2.05) is 35.2 Å². The Morgan fingerprint density at radius 2 is 1.96 bits per heavy atom. The maximum absolute atomic E-state index is 12.4. The largest absolute Gasteiger partial charge is 0.488 e. The maximum atomic E-state index is 12.4. The monoisotopic (exact) mass is 341 g/mol. The first-order chi connectivity index (χ1) is 12.3. The predicted octanol–water partition coefficient (Wildman–Crippen LogP) is 2.11. The summed E-state index contributed by atoms with van der Waals surface area (Å²) in [4.78, 5) is 16.6. The van der Waals surface area contributed by atoms with E-state index < -0.39 is 0 Å². The fourth-order valence-corrected chi connectivity index (χ4v) is 3.41. The summed E-state index contributed by atoms with van der Waals surface area (Å²) in [5.41, 5.74) is 1.22. The molecule has 132 valence electrons. The number of benzene rings is 1. The highest BCUT2D eigenvalue weighted by molar-refractivity contribution is 5.74. The summed E-state index contributed by atoms with van der Waals surface area (Å²) in [6.45, 7) is 4.53. The Hall–Kier alpha value is -2.47. The summed E-state index contributed by atoms with van der Waals surface area (Å²) in [6, 6.07) is 11.9. The molecule has 0 unspecified atom stereocenters. The van der Waals surface area contributed by atoms with Crippen molar-refractivity contribution in [1.29, 1.82) is 0 Å². The van der Waals surface area contributed by atoms with Crippen molar-refractivity contribution in [2.75, 3.05) is 32.7 Å². The molecular weight excluding hydrogens is 318 g/mol. The van der Waals surface area contributed by atoms with Crippen molar-refractivity contribution in [3.8, 4) is 5.75 Å². The molecule has 2 amide bonds. The van der Waals surface area contributed by atoms with Crippen LogP contribution >= 0.6 is 0 Å². The van der Waals surface area contributed by atoms with E-state index in [1.165, 1.54) is 5.56 Å². The average molecular weight is 341 g/mol. The molecule has 0 spiro atoms. The van der Waals surface area contributed by atoms with Crippen molar-refractivity contribution >= 4 is 6.03 Å². The third kappa shape index (κ3) is 3.79. The molecule has 6 nitrogen and oxygen atoms in total. The molecule has 1 N–H and O–H groups in total. The lowest BCUT2D eigenvalue weighted by atomic mass is 10.1. The lowest BCUT2D eigenvalue weighted by molar-refractivity contribution is 0.127. The van der Waals surface area contributed by atoms with Gasteiger partial charge in [0.1, 0.15) is 17.6 Å². The number of rotatable bonds is 4. The van der Waals surface area contributed by atoms with E-state index in [0.29, 0.717) is 6.54 Å². The van der Waals surface area contributed by atoms with Crippen LogP contribution < -0.4 is 10.1 Å². The summed E-state index contributed by atoms with van der Waals surface area (Å²) in [7, 11) is 0. The van der Waals surface area contributed by atoms with Crippen molar-refractivity contribution in [2.45, 2.75) is 19.1 Å². The van der Waals surface area contributed by atoms with Gasteiger partial charge in [-0.25, -0.2) is 4.79 Å². The second-order valence-electron chi connectivity index (χ2n) is 6.58. The third-order valence-corrected chi connectivity index (χ3v) is 4.81. The van der Waals surface area contributed by atoms with Gasteiger partial charge < -0.3 is 19.4 Å². The molecule has 1 atom stereocenters. The minimum Gasteiger partial charge on any atom is -0.488 e. The van der Waals surface area contributed by atoms with E-state index >= 15 is 0 Å². The van der Waals surface area contributed by atoms with Crippen LogP contribution in [-0.2, 0) is 13.0 Å². The summed E-state index contributed by atoms with van der Waals surface area (Å²) < 4.78 is 11.3. The predicted molar refractivity (Wildman–Crippen MR) is 93.5 cm³/mol. The molecule has 0 aliphatic carbocycles. The number of ether oxygens (including phenoxy) is 1. The molecule has 2 aliphatic rings. The van der Waals surface area contributed by atoms with E-state index in [1.54, 1.807) is 6.26 Å². The van der Waals surface area contributed by atoms with Gasteiger partial charge in [-0.2, -0.15) is 0 Å². The lowest BCUT2D eigenvalue weighted by Crippen LogP contribution is -2.52. The minimum atomic E-state index is -0.00259. The van der Waals surface area contributed by atoms with E-state index in [0.717, 1.165) is 50.7 Å². The van der Waals surface area contributed by atoms with Crippen LogP contribution in [0.1, 0.15) is 11.3 Å². The Morgan fingerprint density at radius 3 is 2.72 bits per heavy atom. The van der Waals surface area contributed by atoms with Gasteiger partial charge in [0, 0.05) is 32.6 Å². The lowest BCUT2D eigenvalue weighted by Gasteiger charge is -2.34. The van der Waals surface area contributed by atoms with Crippen molar-refractivity contribution in [3.05, 3.63) is 54.0 Å². The Morgan fingerprint density at radius 1 is 1.12 bits per heavy atom. The van der Waals surface area contributed by atoms with Crippen LogP contribution in [0, 0.1) is 0 Å². The zero-order chi connectivity index (χ0) is 17.1. The molecule has 1 aromatic carbocycles. The van der Waals surface area contributed by atoms with Crippen LogP contribution in [0.5, 0.6) is 5.75 Å². The van der Waals surface area contributed by atoms with Crippen molar-refractivity contribution < 1.29 is 13.9 Å². The molecular formula is C19H23N3O3. The number of para-hydroxylation sites is 1. The smallest absolute Gasteiger partial charge is 0.317 e. The van der Waals surface area contributed by atoms with Crippen molar-refractivity contribution in [2.24, 2.45) is 0 Å². The molecule has 1 saturated heterocycles. The second-order valence-corrected chi connectivity index (χ2v) is 6.58. The zero-order valence-corrected chi connectivity index (χ0v) is 14.2. The van der Waals surface area contributed by atoms with Gasteiger partial charge in [0.05, 0.1) is 19.4 Å². The fourth-order valence-electron chi connectivity index (χ4n) is 3.41. The summed E-state index contributed by atoms with van der Waals surface area (Å²) >= 11 is 0. The number of carbonyl (C=O) groups is 1. The van der Waals surface area contributed by atoms with Crippen LogP contribution in [0.2, 0.25) is 0 Å². The molecule has 3 heterocycles. The highest BCUT2D eigenvalue weighted by Gasteiger charge is 2.25. The second kappa shape index (κ2) is 7.19. The normalized spacial score (nSPS) is 20.2. The molecule has 1 fully saturated rings. The van der Waals surface area contributed by atoms with Crippen LogP contribution in [-0.4, -0.2) is 54.7 Å². The third-order valence-electron chi connectivity index (χ3n) is 4.81. The maximum Gasteiger partial charge on any atom is 0.317 e. The Kier molecular flexibility index (Phi) is 4.61. The Labute approximate surface area is 147 Å². The number of amides is 2. The topological polar surface area (TPSA) is 58.0 Å². The van der Waals surface area contributed by atoms with Crippen molar-refractivity contribution in [3.63, 3.8) is 0 Å². The molecule has 4 rings (SSSR count). The van der Waals surface area contributed by atoms with E-state index in [-0.39, 0.29) is 12.1 Å². The molecule has 1 aromatic heterocycles. The van der Waals surface area contributed by atoms with Gasteiger partial charge in [-0.05, 0) is 23.8 Å². The first kappa shape index (κ1) is 16.0. The number of piperazine rings is 1. The van der Waals surface area contributed by atoms with Gasteiger partial charge in [-0.15, -0.1) is 0 Å². The van der Waals surface area contributed by atoms with Gasteiger partial charge in [0.15, 0.2) is 0 Å². The number of nitrogens with zero attached hydrogens (tertiary/aromatic N) is 2. The van der Waals surface area contributed by atoms with Gasteiger partial charge >= 0.3 is 6.03 Å². The fraction of sp³-hybridized carbons (Fsp3) is 0.421. The SMILES string of the molecule is O=C(NC[C@@H]1Cc2ccccc2O1)N1CCN(Cc2ccco2)CC1. The molecule has 2 aromatic rings. The standard InChI is InChI=1S/C19H23N3O3/c23-19(20-13-17-12-15-4-1-2-6-18(15)25-17)22-9-7-21(8-10-22)14-16-5-3-11-24-16/h1-6,11,17H,7-10,12-14H2,(H,20,23)/t17-/m0/s1. The number of nitrogens with one attached hydrogen (secondary N) is 1. The summed E-state index contributed by atoms with van der Waals surface area (Å²) in [5, 5.41) is 3.01. The Bertz CT molecular complexity index is 683. The van der Waals surface area contributed by atoms with Gasteiger partial charge in [-0.1, -0.05) is 18.2 Å². The minimum absolute atomic E-state index is 0.00259. The van der Waals surface area contributed by atoms with Crippen LogP contribution in [0.3, 0.4) is 0 Å². The van der Waals surface area contributed by atoms with E-state index in [9.17, 15) is 4.79 Å². The first-order valence-corrected chi connectivity index (χ1v) is 8.80. The number of furan rings is 1. The van der Waals surface area contributed by atoms with Gasteiger partial charge in [0.2, 0.25) is 0 Å². The van der Waals surface area contributed by atoms with E-state index in [4.69, 9.17) is 9.15 Å². The van der Waals surface area contributed by atoms with E-state index in [2.05, 4.69) is 16.3 Å². The average Bonchev–Trinajstić information content (AvgIpc) is 3.29. The number of urea groups is 1. The number of carbonyl (C=O) groups excluding carboxylic acids is 1. The van der Waals surface area contributed by atoms with Crippen LogP contribution in [0.25, 0.3) is 0 Å². The van der Waals surface area contributed by atoms with Gasteiger partial charge in [0.25, 0.3) is 0 Å². The van der Waals surface area contributed by atoms with Gasteiger partial charge in [-0.3, -0.25) is 4.90 Å². The molecule has 0 saturated carbocycles. The number of hydrogen-bond acceptors (Lipinski definition) is 4. The van der Waals surface area contributed by atoms with Crippen molar-refractivity contribution in [1.82, 2.24) is 15.1 Å². The molecule has 0 bridgehead atoms. The van der Waals surface area contributed by atoms with Crippen LogP contribution in [0.15, 0.2) is 47.1 Å². The zero-order valence-electron chi connectivity index (χ0n) is 14.2. The summed E-state index contributed by atoms with van der Waals surface area (Å²) in [5.74, 6) is 1.91. The highest BCUT2D eigenvalue weighted by Crippen LogP contribution is 2.27. The molecule has 6 heteroatoms. The number of hydrogen-bond donors (Lipinski definition) is 1. The molecule has 25 heavy (non-hydrogen) atoms. The van der Waals surface area contributed by atoms with Crippen LogP contribution in [0.4, 0.5) is 4.79 Å². The number of fused-ring (bicyclic) bond motifs is 1.